The molecule has 1 N–H and O–H groups in total. The summed E-state index contributed by atoms with van der Waals surface area (Å²) in [5.41, 5.74) is 2.67. The number of carbonyl (C=O) groups excluding carboxylic acids is 1. The molecule has 34 heavy (non-hydrogen) atoms. The minimum atomic E-state index is -4.42. The van der Waals surface area contributed by atoms with Crippen molar-refractivity contribution >= 4 is 5.91 Å². The summed E-state index contributed by atoms with van der Waals surface area (Å²) < 4.78 is 39.5. The first-order valence-corrected chi connectivity index (χ1v) is 12.4. The van der Waals surface area contributed by atoms with E-state index in [1.165, 1.54) is 17.2 Å². The van der Waals surface area contributed by atoms with Gasteiger partial charge in [0.1, 0.15) is 0 Å². The van der Waals surface area contributed by atoms with Gasteiger partial charge in [0.25, 0.3) is 0 Å². The van der Waals surface area contributed by atoms with E-state index in [1.807, 2.05) is 0 Å². The molecule has 0 spiro atoms. The molecule has 1 amide bonds. The van der Waals surface area contributed by atoms with Crippen LogP contribution < -0.4 is 5.32 Å². The second kappa shape index (κ2) is 8.99. The highest BCUT2D eigenvalue weighted by Gasteiger charge is 2.56. The normalized spacial score (nSPS) is 26.4. The van der Waals surface area contributed by atoms with E-state index in [1.54, 1.807) is 4.90 Å². The van der Waals surface area contributed by atoms with Crippen LogP contribution in [0.2, 0.25) is 0 Å². The lowest BCUT2D eigenvalue weighted by atomic mass is 9.78. The van der Waals surface area contributed by atoms with Crippen molar-refractivity contribution < 1.29 is 18.0 Å². The minimum Gasteiger partial charge on any atom is -0.337 e. The summed E-state index contributed by atoms with van der Waals surface area (Å²) >= 11 is 0. The number of alkyl halides is 3. The van der Waals surface area contributed by atoms with Crippen molar-refractivity contribution in [2.24, 2.45) is 11.3 Å². The molecule has 3 aliphatic rings. The highest BCUT2D eigenvalue weighted by atomic mass is 19.4. The van der Waals surface area contributed by atoms with E-state index < -0.39 is 11.7 Å². The van der Waals surface area contributed by atoms with Gasteiger partial charge < -0.3 is 10.2 Å². The highest BCUT2D eigenvalue weighted by molar-refractivity contribution is 5.84. The standard InChI is InChI=1S/C27H32F3N3O/c1-18-4-6-19(7-5-18)8-11-31-23-14-21-3-2-10-26(21,15-23)25(34)33-12-9-24-20(17-33)13-22(16-32-24)27(28,29)30/h4-7,13,16,21,23,31H,2-3,8-12,14-15,17H2,1H3. The van der Waals surface area contributed by atoms with E-state index in [9.17, 15) is 18.0 Å². The number of rotatable bonds is 5. The number of hydrogen-bond acceptors (Lipinski definition) is 3. The van der Waals surface area contributed by atoms with Gasteiger partial charge in [-0.15, -0.1) is 0 Å². The maximum atomic E-state index is 13.8. The number of aromatic nitrogens is 1. The Morgan fingerprint density at radius 3 is 2.82 bits per heavy atom. The zero-order valence-corrected chi connectivity index (χ0v) is 19.6. The zero-order valence-electron chi connectivity index (χ0n) is 19.6. The van der Waals surface area contributed by atoms with Crippen LogP contribution >= 0.6 is 0 Å². The molecule has 0 saturated heterocycles. The Balaban J connectivity index is 1.24. The van der Waals surface area contributed by atoms with Gasteiger partial charge in [0, 0.05) is 37.4 Å². The van der Waals surface area contributed by atoms with Crippen LogP contribution in [0.15, 0.2) is 36.5 Å². The van der Waals surface area contributed by atoms with Gasteiger partial charge in [-0.1, -0.05) is 36.2 Å². The lowest BCUT2D eigenvalue weighted by Crippen LogP contribution is -2.47. The van der Waals surface area contributed by atoms with Crippen LogP contribution in [0.4, 0.5) is 13.2 Å². The lowest BCUT2D eigenvalue weighted by Gasteiger charge is -2.37. The molecule has 1 aromatic heterocycles. The molecule has 2 aromatic rings. The third-order valence-electron chi connectivity index (χ3n) is 8.18. The number of fused-ring (bicyclic) bond motifs is 2. The molecule has 7 heteroatoms. The van der Waals surface area contributed by atoms with Crippen molar-refractivity contribution in [3.63, 3.8) is 0 Å². The van der Waals surface area contributed by atoms with Gasteiger partial charge in [-0.3, -0.25) is 9.78 Å². The predicted octanol–water partition coefficient (Wildman–Crippen LogP) is 5.07. The van der Waals surface area contributed by atoms with Gasteiger partial charge >= 0.3 is 6.18 Å². The molecule has 1 aliphatic heterocycles. The Morgan fingerprint density at radius 1 is 1.26 bits per heavy atom. The van der Waals surface area contributed by atoms with Gasteiger partial charge in [-0.05, 0) is 68.7 Å². The van der Waals surface area contributed by atoms with Crippen LogP contribution in [0.5, 0.6) is 0 Å². The Bertz CT molecular complexity index is 1050. The number of aryl methyl sites for hydroxylation is 1. The van der Waals surface area contributed by atoms with E-state index in [0.717, 1.165) is 51.3 Å². The summed E-state index contributed by atoms with van der Waals surface area (Å²) in [4.78, 5) is 19.7. The molecular formula is C27H32F3N3O. The van der Waals surface area contributed by atoms with Gasteiger partial charge in [-0.25, -0.2) is 0 Å². The predicted molar refractivity (Wildman–Crippen MR) is 124 cm³/mol. The van der Waals surface area contributed by atoms with Gasteiger partial charge in [-0.2, -0.15) is 13.2 Å². The van der Waals surface area contributed by atoms with Crippen molar-refractivity contribution in [1.82, 2.24) is 15.2 Å². The zero-order chi connectivity index (χ0) is 23.9. The molecular weight excluding hydrogens is 439 g/mol. The molecule has 0 bridgehead atoms. The molecule has 2 saturated carbocycles. The minimum absolute atomic E-state index is 0.140. The Hall–Kier alpha value is -2.41. The molecule has 1 aromatic carbocycles. The van der Waals surface area contributed by atoms with Crippen molar-refractivity contribution in [1.29, 1.82) is 0 Å². The number of halogens is 3. The van der Waals surface area contributed by atoms with E-state index in [-0.39, 0.29) is 17.9 Å². The van der Waals surface area contributed by atoms with E-state index in [0.29, 0.717) is 36.2 Å². The fourth-order valence-corrected chi connectivity index (χ4v) is 6.39. The maximum Gasteiger partial charge on any atom is 0.417 e. The smallest absolute Gasteiger partial charge is 0.337 e. The van der Waals surface area contributed by atoms with Gasteiger partial charge in [0.05, 0.1) is 11.0 Å². The molecule has 3 unspecified atom stereocenters. The van der Waals surface area contributed by atoms with Crippen LogP contribution in [-0.2, 0) is 30.4 Å². The first kappa shape index (κ1) is 23.3. The lowest BCUT2D eigenvalue weighted by molar-refractivity contribution is -0.144. The third-order valence-corrected chi connectivity index (χ3v) is 8.18. The largest absolute Gasteiger partial charge is 0.417 e. The van der Waals surface area contributed by atoms with E-state index >= 15 is 0 Å². The number of pyridine rings is 1. The van der Waals surface area contributed by atoms with Gasteiger partial charge in [0.2, 0.25) is 5.91 Å². The van der Waals surface area contributed by atoms with Crippen LogP contribution in [0.1, 0.15) is 60.1 Å². The molecule has 4 nitrogen and oxygen atoms in total. The number of hydrogen-bond donors (Lipinski definition) is 1. The summed E-state index contributed by atoms with van der Waals surface area (Å²) in [7, 11) is 0. The summed E-state index contributed by atoms with van der Waals surface area (Å²) in [5, 5.41) is 3.69. The Kier molecular flexibility index (Phi) is 6.17. The van der Waals surface area contributed by atoms with E-state index in [2.05, 4.69) is 41.5 Å². The Morgan fingerprint density at radius 2 is 2.06 bits per heavy atom. The average Bonchev–Trinajstić information content (AvgIpc) is 3.36. The molecule has 2 fully saturated rings. The van der Waals surface area contributed by atoms with Crippen molar-refractivity contribution in [3.05, 3.63) is 64.5 Å². The molecule has 2 aliphatic carbocycles. The monoisotopic (exact) mass is 471 g/mol. The second-order valence-electron chi connectivity index (χ2n) is 10.4. The quantitative estimate of drug-likeness (QED) is 0.662. The summed E-state index contributed by atoms with van der Waals surface area (Å²) in [5.74, 6) is 0.499. The van der Waals surface area contributed by atoms with Crippen LogP contribution in [-0.4, -0.2) is 34.9 Å². The highest BCUT2D eigenvalue weighted by Crippen LogP contribution is 2.55. The first-order valence-electron chi connectivity index (χ1n) is 12.4. The Labute approximate surface area is 198 Å². The fraction of sp³-hybridized carbons (Fsp3) is 0.556. The molecule has 2 heterocycles. The average molecular weight is 472 g/mol. The molecule has 3 atom stereocenters. The van der Waals surface area contributed by atoms with E-state index in [4.69, 9.17) is 0 Å². The fourth-order valence-electron chi connectivity index (χ4n) is 6.39. The molecule has 182 valence electrons. The third kappa shape index (κ3) is 4.47. The van der Waals surface area contributed by atoms with Gasteiger partial charge in [0.15, 0.2) is 0 Å². The second-order valence-corrected chi connectivity index (χ2v) is 10.4. The summed E-state index contributed by atoms with van der Waals surface area (Å²) in [6, 6.07) is 10.1. The molecule has 5 rings (SSSR count). The SMILES string of the molecule is Cc1ccc(CCNC2CC3CCCC3(C(=O)N3CCc4ncc(C(F)(F)F)cc4C3)C2)cc1. The summed E-state index contributed by atoms with van der Waals surface area (Å²) in [6.45, 7) is 3.73. The first-order chi connectivity index (χ1) is 16.2. The van der Waals surface area contributed by atoms with Crippen molar-refractivity contribution in [3.8, 4) is 0 Å². The number of benzene rings is 1. The van der Waals surface area contributed by atoms with Crippen molar-refractivity contribution in [2.45, 2.75) is 70.6 Å². The number of nitrogens with zero attached hydrogens (tertiary/aromatic N) is 2. The van der Waals surface area contributed by atoms with Crippen LogP contribution in [0.3, 0.4) is 0 Å². The number of nitrogens with one attached hydrogen (secondary N) is 1. The van der Waals surface area contributed by atoms with Crippen molar-refractivity contribution in [2.75, 3.05) is 13.1 Å². The summed E-state index contributed by atoms with van der Waals surface area (Å²) in [6.07, 6.45) is 2.79. The number of carbonyl (C=O) groups is 1. The maximum absolute atomic E-state index is 13.8. The number of amides is 1. The van der Waals surface area contributed by atoms with Crippen LogP contribution in [0.25, 0.3) is 0 Å². The topological polar surface area (TPSA) is 45.2 Å². The molecule has 0 radical (unpaired) electrons. The van der Waals surface area contributed by atoms with Crippen LogP contribution in [0, 0.1) is 18.3 Å².